The number of alkyl halides is 3. The monoisotopic (exact) mass is 370 g/mol. The molecule has 0 amide bonds. The molecule has 9 heteroatoms. The van der Waals surface area contributed by atoms with Crippen LogP contribution in [0.25, 0.3) is 0 Å². The van der Waals surface area contributed by atoms with Crippen LogP contribution >= 0.6 is 0 Å². The summed E-state index contributed by atoms with van der Waals surface area (Å²) in [6, 6.07) is 8.18. The van der Waals surface area contributed by atoms with Crippen LogP contribution in [0.1, 0.15) is 11.1 Å². The fourth-order valence-electron chi connectivity index (χ4n) is 2.42. The first-order chi connectivity index (χ1) is 12.3. The number of anilines is 1. The van der Waals surface area contributed by atoms with Gasteiger partial charge in [-0.25, -0.2) is 0 Å². The third-order valence-corrected chi connectivity index (χ3v) is 3.69. The molecule has 2 aromatic carbocycles. The van der Waals surface area contributed by atoms with Crippen LogP contribution in [0.2, 0.25) is 0 Å². The zero-order valence-electron chi connectivity index (χ0n) is 14.1. The number of rotatable bonds is 7. The van der Waals surface area contributed by atoms with Crippen LogP contribution in [0.3, 0.4) is 0 Å². The van der Waals surface area contributed by atoms with Crippen LogP contribution in [-0.4, -0.2) is 25.7 Å². The summed E-state index contributed by atoms with van der Waals surface area (Å²) < 4.78 is 49.3. The van der Waals surface area contributed by atoms with E-state index in [2.05, 4.69) is 5.32 Å². The first kappa shape index (κ1) is 19.4. The fraction of sp³-hybridized carbons (Fsp3) is 0.294. The zero-order chi connectivity index (χ0) is 19.3. The summed E-state index contributed by atoms with van der Waals surface area (Å²) >= 11 is 0. The van der Waals surface area contributed by atoms with Crippen molar-refractivity contribution >= 4 is 11.4 Å². The first-order valence-corrected chi connectivity index (χ1v) is 7.56. The van der Waals surface area contributed by atoms with Gasteiger partial charge in [0.05, 0.1) is 19.1 Å². The Hall–Kier alpha value is -2.97. The highest BCUT2D eigenvalue weighted by molar-refractivity contribution is 5.55. The zero-order valence-corrected chi connectivity index (χ0v) is 14.1. The summed E-state index contributed by atoms with van der Waals surface area (Å²) in [6.45, 7) is 0.338. The van der Waals surface area contributed by atoms with Gasteiger partial charge in [-0.1, -0.05) is 6.07 Å². The summed E-state index contributed by atoms with van der Waals surface area (Å²) in [5, 5.41) is 13.6. The average Bonchev–Trinajstić information content (AvgIpc) is 2.60. The molecule has 6 nitrogen and oxygen atoms in total. The number of ether oxygens (including phenoxy) is 2. The Morgan fingerprint density at radius 1 is 1.08 bits per heavy atom. The maximum Gasteiger partial charge on any atom is 0.423 e. The number of nitrogens with zero attached hydrogens (tertiary/aromatic N) is 1. The van der Waals surface area contributed by atoms with Gasteiger partial charge < -0.3 is 14.8 Å². The molecular weight excluding hydrogens is 353 g/mol. The largest absolute Gasteiger partial charge is 0.493 e. The van der Waals surface area contributed by atoms with E-state index in [0.29, 0.717) is 24.5 Å². The molecule has 0 radical (unpaired) electrons. The van der Waals surface area contributed by atoms with Crippen molar-refractivity contribution in [2.24, 2.45) is 0 Å². The van der Waals surface area contributed by atoms with Crippen molar-refractivity contribution in [3.8, 4) is 11.5 Å². The van der Waals surface area contributed by atoms with E-state index in [1.807, 2.05) is 6.07 Å². The van der Waals surface area contributed by atoms with Gasteiger partial charge in [-0.3, -0.25) is 10.1 Å². The molecule has 0 saturated heterocycles. The fourth-order valence-corrected chi connectivity index (χ4v) is 2.42. The Balaban J connectivity index is 2.09. The van der Waals surface area contributed by atoms with Gasteiger partial charge in [0.2, 0.25) is 0 Å². The molecule has 2 aromatic rings. The Kier molecular flexibility index (Phi) is 5.91. The predicted octanol–water partition coefficient (Wildman–Crippen LogP) is 4.29. The van der Waals surface area contributed by atoms with E-state index in [1.54, 1.807) is 12.1 Å². The van der Waals surface area contributed by atoms with E-state index in [-0.39, 0.29) is 5.69 Å². The number of hydrogen-bond acceptors (Lipinski definition) is 5. The number of nitrogens with one attached hydrogen (secondary N) is 1. The lowest BCUT2D eigenvalue weighted by Gasteiger charge is -2.12. The Morgan fingerprint density at radius 3 is 2.35 bits per heavy atom. The van der Waals surface area contributed by atoms with Gasteiger partial charge in [-0.15, -0.1) is 0 Å². The third kappa shape index (κ3) is 4.56. The molecule has 0 aliphatic rings. The van der Waals surface area contributed by atoms with Crippen molar-refractivity contribution in [1.29, 1.82) is 0 Å². The van der Waals surface area contributed by atoms with Crippen LogP contribution in [0.5, 0.6) is 11.5 Å². The van der Waals surface area contributed by atoms with Crippen molar-refractivity contribution in [1.82, 2.24) is 0 Å². The van der Waals surface area contributed by atoms with Gasteiger partial charge in [0.25, 0.3) is 5.69 Å². The topological polar surface area (TPSA) is 73.6 Å². The Labute approximate surface area is 147 Å². The van der Waals surface area contributed by atoms with E-state index < -0.39 is 22.4 Å². The summed E-state index contributed by atoms with van der Waals surface area (Å²) in [6.07, 6.45) is -4.29. The second-order valence-electron chi connectivity index (χ2n) is 5.35. The summed E-state index contributed by atoms with van der Waals surface area (Å²) in [4.78, 5) is 9.71. The second-order valence-corrected chi connectivity index (χ2v) is 5.35. The standard InChI is InChI=1S/C17H17F3N2O4/c1-25-15-6-3-11(9-16(15)26-2)7-8-21-12-4-5-14(22(23)24)13(10-12)17(18,19)20/h3-6,9-10,21H,7-8H2,1-2H3. The Bertz CT molecular complexity index is 794. The number of hydrogen-bond donors (Lipinski definition) is 1. The molecule has 0 heterocycles. The molecule has 2 rings (SSSR count). The highest BCUT2D eigenvalue weighted by atomic mass is 19.4. The maximum absolute atomic E-state index is 13.0. The molecule has 0 aliphatic heterocycles. The summed E-state index contributed by atoms with van der Waals surface area (Å²) in [5.41, 5.74) is -1.20. The van der Waals surface area contributed by atoms with Gasteiger partial charge in [0.15, 0.2) is 11.5 Å². The molecule has 0 bridgehead atoms. The lowest BCUT2D eigenvalue weighted by Crippen LogP contribution is -2.11. The normalized spacial score (nSPS) is 11.1. The van der Waals surface area contributed by atoms with Crippen molar-refractivity contribution in [2.75, 3.05) is 26.1 Å². The average molecular weight is 370 g/mol. The molecule has 0 spiro atoms. The molecular formula is C17H17F3N2O4. The molecule has 26 heavy (non-hydrogen) atoms. The predicted molar refractivity (Wildman–Crippen MR) is 89.8 cm³/mol. The number of methoxy groups -OCH3 is 2. The van der Waals surface area contributed by atoms with Crippen LogP contribution in [0, 0.1) is 10.1 Å². The van der Waals surface area contributed by atoms with Crippen molar-refractivity contribution in [2.45, 2.75) is 12.6 Å². The van der Waals surface area contributed by atoms with Crippen LogP contribution in [-0.2, 0) is 12.6 Å². The number of nitro benzene ring substituents is 1. The SMILES string of the molecule is COc1ccc(CCNc2ccc([N+](=O)[O-])c(C(F)(F)F)c2)cc1OC. The molecule has 0 saturated carbocycles. The highest BCUT2D eigenvalue weighted by Crippen LogP contribution is 2.37. The molecule has 0 fully saturated rings. The number of benzene rings is 2. The lowest BCUT2D eigenvalue weighted by atomic mass is 10.1. The van der Waals surface area contributed by atoms with Gasteiger partial charge in [-0.05, 0) is 36.2 Å². The summed E-state index contributed by atoms with van der Waals surface area (Å²) in [7, 11) is 3.03. The Morgan fingerprint density at radius 2 is 1.77 bits per heavy atom. The van der Waals surface area contributed by atoms with E-state index in [1.165, 1.54) is 20.3 Å². The van der Waals surface area contributed by atoms with Crippen molar-refractivity contribution in [3.63, 3.8) is 0 Å². The van der Waals surface area contributed by atoms with E-state index in [9.17, 15) is 23.3 Å². The first-order valence-electron chi connectivity index (χ1n) is 7.56. The molecule has 1 N–H and O–H groups in total. The molecule has 0 aromatic heterocycles. The van der Waals surface area contributed by atoms with Crippen LogP contribution in [0.15, 0.2) is 36.4 Å². The van der Waals surface area contributed by atoms with Gasteiger partial charge in [0, 0.05) is 18.3 Å². The molecule has 0 aliphatic carbocycles. The minimum atomic E-state index is -4.80. The van der Waals surface area contributed by atoms with Crippen LogP contribution < -0.4 is 14.8 Å². The second kappa shape index (κ2) is 7.94. The number of halogens is 3. The van der Waals surface area contributed by atoms with Crippen LogP contribution in [0.4, 0.5) is 24.5 Å². The van der Waals surface area contributed by atoms with Gasteiger partial charge in [-0.2, -0.15) is 13.2 Å². The van der Waals surface area contributed by atoms with Gasteiger partial charge in [0.1, 0.15) is 5.56 Å². The van der Waals surface area contributed by atoms with Crippen molar-refractivity contribution in [3.05, 3.63) is 57.6 Å². The third-order valence-electron chi connectivity index (χ3n) is 3.69. The van der Waals surface area contributed by atoms with E-state index in [0.717, 1.165) is 17.7 Å². The van der Waals surface area contributed by atoms with Gasteiger partial charge >= 0.3 is 6.18 Å². The summed E-state index contributed by atoms with van der Waals surface area (Å²) in [5.74, 6) is 1.13. The van der Waals surface area contributed by atoms with Crippen molar-refractivity contribution < 1.29 is 27.6 Å². The molecule has 0 atom stereocenters. The van der Waals surface area contributed by atoms with E-state index >= 15 is 0 Å². The quantitative estimate of drug-likeness (QED) is 0.582. The maximum atomic E-state index is 13.0. The minimum absolute atomic E-state index is 0.156. The molecule has 0 unspecified atom stereocenters. The smallest absolute Gasteiger partial charge is 0.423 e. The highest BCUT2D eigenvalue weighted by Gasteiger charge is 2.38. The number of nitro groups is 1. The van der Waals surface area contributed by atoms with E-state index in [4.69, 9.17) is 9.47 Å². The minimum Gasteiger partial charge on any atom is -0.493 e. The lowest BCUT2D eigenvalue weighted by molar-refractivity contribution is -0.388. The molecule has 140 valence electrons.